The van der Waals surface area contributed by atoms with Crippen molar-refractivity contribution in [1.29, 1.82) is 0 Å². The van der Waals surface area contributed by atoms with Gasteiger partial charge in [0.2, 0.25) is 0 Å². The van der Waals surface area contributed by atoms with Crippen molar-refractivity contribution in [2.75, 3.05) is 0 Å². The Morgan fingerprint density at radius 1 is 1.36 bits per heavy atom. The van der Waals surface area contributed by atoms with Crippen molar-refractivity contribution in [2.45, 2.75) is 25.3 Å². The number of carbonyl (C=O) groups excluding carboxylic acids is 1. The molecule has 1 amide bonds. The molecular weight excluding hydrogens is 344 g/mol. The molecule has 2 aromatic rings. The molecule has 1 fully saturated rings. The molecule has 2 atom stereocenters. The smallest absolute Gasteiger partial charge is 0.306 e. The van der Waals surface area contributed by atoms with E-state index in [1.165, 1.54) is 22.7 Å². The predicted molar refractivity (Wildman–Crippen MR) is 86.7 cm³/mol. The van der Waals surface area contributed by atoms with Gasteiger partial charge in [-0.1, -0.05) is 11.6 Å². The number of hydrogen-bond donors (Lipinski definition) is 2. The minimum absolute atomic E-state index is 0.0880. The lowest BCUT2D eigenvalue weighted by atomic mass is 10.1. The van der Waals surface area contributed by atoms with Crippen LogP contribution in [-0.2, 0) is 4.79 Å². The van der Waals surface area contributed by atoms with Crippen LogP contribution < -0.4 is 5.32 Å². The maximum Gasteiger partial charge on any atom is 0.306 e. The van der Waals surface area contributed by atoms with Crippen LogP contribution in [-0.4, -0.2) is 28.0 Å². The molecular formula is C14H13ClN2O3S2. The summed E-state index contributed by atoms with van der Waals surface area (Å²) in [5.41, 5.74) is 0.364. The molecule has 2 aromatic heterocycles. The number of thiazole rings is 1. The first kappa shape index (κ1) is 15.5. The fraction of sp³-hybridized carbons (Fsp3) is 0.357. The highest BCUT2D eigenvalue weighted by Crippen LogP contribution is 2.33. The summed E-state index contributed by atoms with van der Waals surface area (Å²) in [5, 5.41) is 14.3. The number of carbonyl (C=O) groups is 2. The van der Waals surface area contributed by atoms with E-state index in [2.05, 4.69) is 10.3 Å². The fourth-order valence-corrected chi connectivity index (χ4v) is 4.43. The SMILES string of the molecule is O=C(N[C@H]1CC[C@@H](C(=O)O)C1)c1csc(-c2ccc(Cl)s2)n1. The summed E-state index contributed by atoms with van der Waals surface area (Å²) in [4.78, 5) is 28.4. The minimum Gasteiger partial charge on any atom is -0.481 e. The Kier molecular flexibility index (Phi) is 4.46. The van der Waals surface area contributed by atoms with Crippen LogP contribution in [0.25, 0.3) is 9.88 Å². The lowest BCUT2D eigenvalue weighted by Crippen LogP contribution is -2.33. The summed E-state index contributed by atoms with van der Waals surface area (Å²) < 4.78 is 0.682. The lowest BCUT2D eigenvalue weighted by molar-refractivity contribution is -0.141. The van der Waals surface area contributed by atoms with Gasteiger partial charge in [0.25, 0.3) is 5.91 Å². The third-order valence-corrected chi connectivity index (χ3v) is 5.88. The molecule has 1 saturated carbocycles. The van der Waals surface area contributed by atoms with Crippen molar-refractivity contribution in [3.8, 4) is 9.88 Å². The monoisotopic (exact) mass is 356 g/mol. The normalized spacial score (nSPS) is 21.0. The maximum absolute atomic E-state index is 12.2. The second kappa shape index (κ2) is 6.36. The molecule has 0 aliphatic heterocycles. The molecule has 5 nitrogen and oxygen atoms in total. The van der Waals surface area contributed by atoms with E-state index in [1.54, 1.807) is 11.4 Å². The van der Waals surface area contributed by atoms with Crippen molar-refractivity contribution in [2.24, 2.45) is 5.92 Å². The van der Waals surface area contributed by atoms with Crippen LogP contribution >= 0.6 is 34.3 Å². The molecule has 1 aliphatic rings. The van der Waals surface area contributed by atoms with E-state index >= 15 is 0 Å². The van der Waals surface area contributed by atoms with E-state index < -0.39 is 5.97 Å². The second-order valence-electron chi connectivity index (χ2n) is 5.16. The van der Waals surface area contributed by atoms with Gasteiger partial charge in [0.05, 0.1) is 15.1 Å². The standard InChI is InChI=1S/C14H13ClN2O3S2/c15-11-4-3-10(22-11)13-17-9(6-21-13)12(18)16-8-2-1-7(5-8)14(19)20/h3-4,6-8H,1-2,5H2,(H,16,18)(H,19,20)/t7-,8+/m1/s1. The molecule has 2 heterocycles. The third-order valence-electron chi connectivity index (χ3n) is 3.64. The number of carboxylic acids is 1. The molecule has 1 aliphatic carbocycles. The lowest BCUT2D eigenvalue weighted by Gasteiger charge is -2.10. The number of rotatable bonds is 4. The summed E-state index contributed by atoms with van der Waals surface area (Å²) in [5.74, 6) is -1.40. The largest absolute Gasteiger partial charge is 0.481 e. The Morgan fingerprint density at radius 3 is 2.82 bits per heavy atom. The van der Waals surface area contributed by atoms with E-state index in [1.807, 2.05) is 6.07 Å². The molecule has 2 N–H and O–H groups in total. The van der Waals surface area contributed by atoms with Crippen LogP contribution in [0, 0.1) is 5.92 Å². The number of aliphatic carboxylic acids is 1. The van der Waals surface area contributed by atoms with Crippen LogP contribution in [0.15, 0.2) is 17.5 Å². The number of carboxylic acid groups (broad SMARTS) is 1. The van der Waals surface area contributed by atoms with Crippen LogP contribution in [0.3, 0.4) is 0 Å². The van der Waals surface area contributed by atoms with Crippen molar-refractivity contribution in [3.63, 3.8) is 0 Å². The molecule has 0 unspecified atom stereocenters. The van der Waals surface area contributed by atoms with Crippen molar-refractivity contribution < 1.29 is 14.7 Å². The summed E-state index contributed by atoms with van der Waals surface area (Å²) in [6.45, 7) is 0. The topological polar surface area (TPSA) is 79.3 Å². The number of hydrogen-bond acceptors (Lipinski definition) is 5. The fourth-order valence-electron chi connectivity index (χ4n) is 2.52. The van der Waals surface area contributed by atoms with E-state index in [-0.39, 0.29) is 17.9 Å². The van der Waals surface area contributed by atoms with Gasteiger partial charge in [-0.05, 0) is 31.4 Å². The van der Waals surface area contributed by atoms with Gasteiger partial charge in [-0.25, -0.2) is 4.98 Å². The Morgan fingerprint density at radius 2 is 2.18 bits per heavy atom. The van der Waals surface area contributed by atoms with Crippen molar-refractivity contribution >= 4 is 46.2 Å². The second-order valence-corrected chi connectivity index (χ2v) is 7.73. The van der Waals surface area contributed by atoms with Gasteiger partial charge in [0.15, 0.2) is 0 Å². The van der Waals surface area contributed by atoms with Gasteiger partial charge in [0, 0.05) is 11.4 Å². The number of nitrogens with zero attached hydrogens (tertiary/aromatic N) is 1. The Labute approximate surface area is 140 Å². The predicted octanol–water partition coefficient (Wildman–Crippen LogP) is 3.51. The Bertz CT molecular complexity index is 713. The average Bonchev–Trinajstić information content (AvgIpc) is 3.16. The number of thiophene rings is 1. The van der Waals surface area contributed by atoms with Crippen LogP contribution in [0.1, 0.15) is 29.8 Å². The first-order chi connectivity index (χ1) is 10.5. The van der Waals surface area contributed by atoms with E-state index in [4.69, 9.17) is 16.7 Å². The Balaban J connectivity index is 1.64. The van der Waals surface area contributed by atoms with Gasteiger partial charge < -0.3 is 10.4 Å². The Hall–Kier alpha value is -1.44. The van der Waals surface area contributed by atoms with Crippen LogP contribution in [0.5, 0.6) is 0 Å². The van der Waals surface area contributed by atoms with Crippen LogP contribution in [0.4, 0.5) is 0 Å². The molecule has 0 spiro atoms. The molecule has 0 bridgehead atoms. The number of nitrogens with one attached hydrogen (secondary N) is 1. The third kappa shape index (κ3) is 3.31. The van der Waals surface area contributed by atoms with Crippen LogP contribution in [0.2, 0.25) is 4.34 Å². The number of aromatic nitrogens is 1. The molecule has 8 heteroatoms. The maximum atomic E-state index is 12.2. The molecule has 116 valence electrons. The van der Waals surface area contributed by atoms with E-state index in [0.717, 1.165) is 9.88 Å². The van der Waals surface area contributed by atoms with Gasteiger partial charge in [-0.15, -0.1) is 22.7 Å². The minimum atomic E-state index is -0.790. The molecule has 3 rings (SSSR count). The zero-order valence-electron chi connectivity index (χ0n) is 11.4. The summed E-state index contributed by atoms with van der Waals surface area (Å²) in [7, 11) is 0. The molecule has 0 radical (unpaired) electrons. The number of halogens is 1. The van der Waals surface area contributed by atoms with Crippen molar-refractivity contribution in [3.05, 3.63) is 27.5 Å². The highest BCUT2D eigenvalue weighted by atomic mass is 35.5. The summed E-state index contributed by atoms with van der Waals surface area (Å²) >= 11 is 8.71. The van der Waals surface area contributed by atoms with Gasteiger partial charge >= 0.3 is 5.97 Å². The summed E-state index contributed by atoms with van der Waals surface area (Å²) in [6.07, 6.45) is 1.79. The molecule has 22 heavy (non-hydrogen) atoms. The first-order valence-corrected chi connectivity index (χ1v) is 8.85. The van der Waals surface area contributed by atoms with Gasteiger partial charge in [-0.3, -0.25) is 9.59 Å². The summed E-state index contributed by atoms with van der Waals surface area (Å²) in [6, 6.07) is 3.59. The molecule has 0 aromatic carbocycles. The first-order valence-electron chi connectivity index (χ1n) is 6.78. The molecule has 0 saturated heterocycles. The zero-order valence-corrected chi connectivity index (χ0v) is 13.8. The van der Waals surface area contributed by atoms with Gasteiger partial charge in [-0.2, -0.15) is 0 Å². The number of amides is 1. The van der Waals surface area contributed by atoms with E-state index in [0.29, 0.717) is 29.3 Å². The highest BCUT2D eigenvalue weighted by molar-refractivity contribution is 7.23. The van der Waals surface area contributed by atoms with Gasteiger partial charge in [0.1, 0.15) is 10.7 Å². The van der Waals surface area contributed by atoms with Crippen molar-refractivity contribution in [1.82, 2.24) is 10.3 Å². The average molecular weight is 357 g/mol. The quantitative estimate of drug-likeness (QED) is 0.878. The zero-order chi connectivity index (χ0) is 15.7. The highest BCUT2D eigenvalue weighted by Gasteiger charge is 2.31. The van der Waals surface area contributed by atoms with E-state index in [9.17, 15) is 9.59 Å².